The predicted octanol–water partition coefficient (Wildman–Crippen LogP) is 4.71. The van der Waals surface area contributed by atoms with Gasteiger partial charge in [0.1, 0.15) is 12.4 Å². The van der Waals surface area contributed by atoms with E-state index in [-0.39, 0.29) is 11.0 Å². The van der Waals surface area contributed by atoms with Crippen LogP contribution < -0.4 is 5.73 Å². The second kappa shape index (κ2) is 6.57. The van der Waals surface area contributed by atoms with E-state index in [1.54, 1.807) is 0 Å². The molecule has 2 N–H and O–H groups in total. The molecule has 0 saturated heterocycles. The summed E-state index contributed by atoms with van der Waals surface area (Å²) in [5.41, 5.74) is 7.31. The molecule has 4 aliphatic rings. The lowest BCUT2D eigenvalue weighted by Crippen LogP contribution is -2.53. The zero-order chi connectivity index (χ0) is 19.4. The van der Waals surface area contributed by atoms with Gasteiger partial charge in [-0.1, -0.05) is 19.0 Å². The number of oxime groups is 1. The quantitative estimate of drug-likeness (QED) is 0.728. The molecule has 4 saturated carbocycles. The molecule has 4 unspecified atom stereocenters. The van der Waals surface area contributed by atoms with Gasteiger partial charge in [-0.25, -0.2) is 0 Å². The zero-order valence-corrected chi connectivity index (χ0v) is 17.7. The van der Waals surface area contributed by atoms with Crippen molar-refractivity contribution in [3.8, 4) is 0 Å². The van der Waals surface area contributed by atoms with Gasteiger partial charge in [0.25, 0.3) is 0 Å². The van der Waals surface area contributed by atoms with Crippen LogP contribution in [0.3, 0.4) is 0 Å². The van der Waals surface area contributed by atoms with Crippen molar-refractivity contribution in [2.45, 2.75) is 91.0 Å². The van der Waals surface area contributed by atoms with Crippen LogP contribution >= 0.6 is 0 Å². The Balaban J connectivity index is 1.46. The van der Waals surface area contributed by atoms with Crippen LogP contribution in [0.5, 0.6) is 0 Å². The van der Waals surface area contributed by atoms with Crippen LogP contribution in [-0.2, 0) is 9.63 Å². The number of Topliss-reactive ketones (excluding diaryl/α,β-unsaturated/α-hetero) is 1. The van der Waals surface area contributed by atoms with Crippen LogP contribution in [0, 0.1) is 34.5 Å². The highest BCUT2D eigenvalue weighted by Crippen LogP contribution is 2.65. The molecule has 4 aliphatic carbocycles. The van der Waals surface area contributed by atoms with Crippen LogP contribution in [-0.4, -0.2) is 23.6 Å². The van der Waals surface area contributed by atoms with Gasteiger partial charge in [-0.05, 0) is 94.3 Å². The fourth-order valence-corrected chi connectivity index (χ4v) is 7.20. The molecular weight excluding hydrogens is 336 g/mol. The average molecular weight is 375 g/mol. The highest BCUT2D eigenvalue weighted by atomic mass is 16.6. The van der Waals surface area contributed by atoms with Crippen LogP contribution in [0.2, 0.25) is 0 Å². The van der Waals surface area contributed by atoms with Gasteiger partial charge >= 0.3 is 0 Å². The second-order valence-electron chi connectivity index (χ2n) is 11.2. The first-order chi connectivity index (χ1) is 12.6. The number of carbonyl (C=O) groups excluding carboxylic acids is 1. The molecule has 4 fully saturated rings. The van der Waals surface area contributed by atoms with Crippen LogP contribution in [0.25, 0.3) is 0 Å². The lowest BCUT2D eigenvalue weighted by Gasteiger charge is -2.59. The molecule has 0 radical (unpaired) electrons. The summed E-state index contributed by atoms with van der Waals surface area (Å²) in [6.45, 7) is 9.24. The van der Waals surface area contributed by atoms with Crippen molar-refractivity contribution in [2.24, 2.45) is 45.4 Å². The molecule has 0 aliphatic heterocycles. The van der Waals surface area contributed by atoms with E-state index in [4.69, 9.17) is 10.6 Å². The standard InChI is InChI=1S/C23H38N2O2/c1-21(2,24)14-27-25-16-9-11-22(3)15(13-16)5-6-17-18-7-8-20(26)23(18,4)12-10-19(17)22/h15,17-19H,5-14,24H2,1-4H3/b25-16-/t15?,17?,18?,19?,22-,23-/m0/s1. The minimum absolute atomic E-state index is 0.00544. The summed E-state index contributed by atoms with van der Waals surface area (Å²) in [7, 11) is 0. The number of nitrogens with zero attached hydrogens (tertiary/aromatic N) is 1. The Hall–Kier alpha value is -0.900. The molecule has 4 nitrogen and oxygen atoms in total. The number of carbonyl (C=O) groups is 1. The van der Waals surface area contributed by atoms with E-state index >= 15 is 0 Å². The predicted molar refractivity (Wildman–Crippen MR) is 108 cm³/mol. The fourth-order valence-electron chi connectivity index (χ4n) is 7.20. The van der Waals surface area contributed by atoms with E-state index in [1.165, 1.54) is 31.4 Å². The molecule has 0 aromatic heterocycles. The highest BCUT2D eigenvalue weighted by Gasteiger charge is 2.60. The van der Waals surface area contributed by atoms with Gasteiger partial charge in [0, 0.05) is 17.4 Å². The number of nitrogens with two attached hydrogens (primary N) is 1. The maximum Gasteiger partial charge on any atom is 0.139 e. The first-order valence-corrected chi connectivity index (χ1v) is 11.1. The third-order valence-electron chi connectivity index (χ3n) is 8.84. The van der Waals surface area contributed by atoms with Crippen molar-refractivity contribution < 1.29 is 9.63 Å². The van der Waals surface area contributed by atoms with Gasteiger partial charge in [-0.3, -0.25) is 4.79 Å². The van der Waals surface area contributed by atoms with Crippen molar-refractivity contribution in [3.63, 3.8) is 0 Å². The van der Waals surface area contributed by atoms with E-state index in [1.807, 2.05) is 13.8 Å². The van der Waals surface area contributed by atoms with E-state index in [2.05, 4.69) is 19.0 Å². The van der Waals surface area contributed by atoms with Crippen molar-refractivity contribution in [2.75, 3.05) is 6.61 Å². The average Bonchev–Trinajstić information content (AvgIpc) is 2.89. The fraction of sp³-hybridized carbons (Fsp3) is 0.913. The smallest absolute Gasteiger partial charge is 0.139 e. The summed E-state index contributed by atoms with van der Waals surface area (Å²) in [5, 5.41) is 4.46. The summed E-state index contributed by atoms with van der Waals surface area (Å²) in [4.78, 5) is 18.1. The molecule has 0 heterocycles. The molecule has 6 atom stereocenters. The summed E-state index contributed by atoms with van der Waals surface area (Å²) in [6, 6.07) is 0. The molecule has 152 valence electrons. The Labute approximate surface area is 164 Å². The van der Waals surface area contributed by atoms with Crippen molar-refractivity contribution in [1.82, 2.24) is 0 Å². The second-order valence-corrected chi connectivity index (χ2v) is 11.2. The van der Waals surface area contributed by atoms with E-state index in [9.17, 15) is 4.79 Å². The van der Waals surface area contributed by atoms with E-state index in [0.29, 0.717) is 23.7 Å². The summed E-state index contributed by atoms with van der Waals surface area (Å²) in [6.07, 6.45) is 10.3. The number of hydrogen-bond acceptors (Lipinski definition) is 4. The van der Waals surface area contributed by atoms with Crippen LogP contribution in [0.15, 0.2) is 5.16 Å². The number of hydrogen-bond donors (Lipinski definition) is 1. The molecule has 4 rings (SSSR count). The van der Waals surface area contributed by atoms with Crippen LogP contribution in [0.1, 0.15) is 85.5 Å². The summed E-state index contributed by atoms with van der Waals surface area (Å²) >= 11 is 0. The number of fused-ring (bicyclic) bond motifs is 5. The Morgan fingerprint density at radius 2 is 1.89 bits per heavy atom. The number of ketones is 1. The van der Waals surface area contributed by atoms with E-state index in [0.717, 1.165) is 49.9 Å². The first-order valence-electron chi connectivity index (χ1n) is 11.1. The topological polar surface area (TPSA) is 64.7 Å². The molecule has 27 heavy (non-hydrogen) atoms. The van der Waals surface area contributed by atoms with Gasteiger partial charge in [0.15, 0.2) is 0 Å². The van der Waals surface area contributed by atoms with Crippen LogP contribution in [0.4, 0.5) is 0 Å². The Bertz CT molecular complexity index is 637. The Morgan fingerprint density at radius 3 is 2.63 bits per heavy atom. The Kier molecular flexibility index (Phi) is 4.73. The minimum atomic E-state index is -0.335. The minimum Gasteiger partial charge on any atom is -0.394 e. The zero-order valence-electron chi connectivity index (χ0n) is 17.7. The van der Waals surface area contributed by atoms with Gasteiger partial charge in [0.05, 0.1) is 5.71 Å². The maximum atomic E-state index is 12.5. The van der Waals surface area contributed by atoms with Gasteiger partial charge in [0.2, 0.25) is 0 Å². The molecule has 0 bridgehead atoms. The maximum absolute atomic E-state index is 12.5. The molecule has 0 aromatic carbocycles. The van der Waals surface area contributed by atoms with Crippen molar-refractivity contribution in [1.29, 1.82) is 0 Å². The largest absolute Gasteiger partial charge is 0.394 e. The third kappa shape index (κ3) is 3.26. The van der Waals surface area contributed by atoms with Gasteiger partial charge in [-0.2, -0.15) is 0 Å². The lowest BCUT2D eigenvalue weighted by atomic mass is 9.45. The third-order valence-corrected chi connectivity index (χ3v) is 8.84. The molecule has 4 heteroatoms. The van der Waals surface area contributed by atoms with Gasteiger partial charge in [-0.15, -0.1) is 0 Å². The SMILES string of the molecule is CC(C)(N)CO/N=C1/CC[C@@]2(C)C(CCC3C2CC[C@]2(C)C(=O)CCC32)C1. The van der Waals surface area contributed by atoms with Crippen molar-refractivity contribution in [3.05, 3.63) is 0 Å². The van der Waals surface area contributed by atoms with Crippen molar-refractivity contribution >= 4 is 11.5 Å². The van der Waals surface area contributed by atoms with E-state index < -0.39 is 0 Å². The number of rotatable bonds is 3. The first kappa shape index (κ1) is 19.4. The monoisotopic (exact) mass is 374 g/mol. The highest BCUT2D eigenvalue weighted by molar-refractivity contribution is 5.87. The lowest BCUT2D eigenvalue weighted by molar-refractivity contribution is -0.137. The summed E-state index contributed by atoms with van der Waals surface area (Å²) < 4.78 is 0. The molecule has 0 amide bonds. The Morgan fingerprint density at radius 1 is 1.11 bits per heavy atom. The molecule has 0 spiro atoms. The van der Waals surface area contributed by atoms with Gasteiger partial charge < -0.3 is 10.6 Å². The molecule has 0 aromatic rings. The summed E-state index contributed by atoms with van der Waals surface area (Å²) in [5.74, 6) is 3.49. The molecular formula is C23H38N2O2. The normalized spacial score (nSPS) is 46.0.